The van der Waals surface area contributed by atoms with E-state index in [2.05, 4.69) is 17.4 Å². The highest BCUT2D eigenvalue weighted by molar-refractivity contribution is 5.80. The molecule has 1 aliphatic rings. The van der Waals surface area contributed by atoms with Crippen molar-refractivity contribution in [3.05, 3.63) is 34.9 Å². The first-order valence-electron chi connectivity index (χ1n) is 7.10. The molecule has 108 valence electrons. The lowest BCUT2D eigenvalue weighted by Crippen LogP contribution is -2.40. The van der Waals surface area contributed by atoms with E-state index in [4.69, 9.17) is 5.11 Å². The van der Waals surface area contributed by atoms with Crippen LogP contribution in [0.5, 0.6) is 0 Å². The molecule has 1 amide bonds. The predicted octanol–water partition coefficient (Wildman–Crippen LogP) is 1.94. The standard InChI is InChI=1S/C16H21NO3/c1-10(16(19)20)11(2)17-15(18)9-12-6-7-13-4-3-5-14(13)8-12/h6-8,10-11H,3-5,9H2,1-2H3,(H,17,18)(H,19,20). The molecule has 0 aliphatic heterocycles. The van der Waals surface area contributed by atoms with Crippen LogP contribution in [-0.4, -0.2) is 23.0 Å². The van der Waals surface area contributed by atoms with Gasteiger partial charge in [-0.25, -0.2) is 0 Å². The molecule has 2 N–H and O–H groups in total. The summed E-state index contributed by atoms with van der Waals surface area (Å²) in [5, 5.41) is 11.7. The Morgan fingerprint density at radius 3 is 2.65 bits per heavy atom. The molecule has 0 radical (unpaired) electrons. The fraction of sp³-hybridized carbons (Fsp3) is 0.500. The molecule has 4 heteroatoms. The van der Waals surface area contributed by atoms with E-state index >= 15 is 0 Å². The van der Waals surface area contributed by atoms with Crippen molar-refractivity contribution in [1.29, 1.82) is 0 Å². The summed E-state index contributed by atoms with van der Waals surface area (Å²) >= 11 is 0. The molecule has 2 rings (SSSR count). The van der Waals surface area contributed by atoms with E-state index in [1.54, 1.807) is 13.8 Å². The fourth-order valence-corrected chi connectivity index (χ4v) is 2.56. The van der Waals surface area contributed by atoms with Crippen molar-refractivity contribution < 1.29 is 14.7 Å². The number of rotatable bonds is 5. The van der Waals surface area contributed by atoms with Crippen LogP contribution in [0.25, 0.3) is 0 Å². The number of nitrogens with one attached hydrogen (secondary N) is 1. The summed E-state index contributed by atoms with van der Waals surface area (Å²) < 4.78 is 0. The summed E-state index contributed by atoms with van der Waals surface area (Å²) in [4.78, 5) is 22.8. The number of benzene rings is 1. The molecular formula is C16H21NO3. The highest BCUT2D eigenvalue weighted by atomic mass is 16.4. The molecule has 0 saturated heterocycles. The van der Waals surface area contributed by atoms with Crippen molar-refractivity contribution in [2.24, 2.45) is 5.92 Å². The number of aryl methyl sites for hydroxylation is 2. The maximum absolute atomic E-state index is 11.9. The van der Waals surface area contributed by atoms with Crippen LogP contribution in [0.15, 0.2) is 18.2 Å². The summed E-state index contributed by atoms with van der Waals surface area (Å²) in [6.07, 6.45) is 3.73. The third-order valence-electron chi connectivity index (χ3n) is 4.06. The van der Waals surface area contributed by atoms with Crippen molar-refractivity contribution in [3.8, 4) is 0 Å². The largest absolute Gasteiger partial charge is 0.481 e. The van der Waals surface area contributed by atoms with Crippen LogP contribution in [0.1, 0.15) is 37.0 Å². The van der Waals surface area contributed by atoms with Crippen LogP contribution in [0, 0.1) is 5.92 Å². The van der Waals surface area contributed by atoms with E-state index in [0.29, 0.717) is 6.42 Å². The molecule has 0 bridgehead atoms. The molecular weight excluding hydrogens is 254 g/mol. The Morgan fingerprint density at radius 2 is 1.95 bits per heavy atom. The summed E-state index contributed by atoms with van der Waals surface area (Å²) in [5.74, 6) is -1.60. The number of hydrogen-bond donors (Lipinski definition) is 2. The zero-order chi connectivity index (χ0) is 14.7. The van der Waals surface area contributed by atoms with Crippen LogP contribution >= 0.6 is 0 Å². The average molecular weight is 275 g/mol. The van der Waals surface area contributed by atoms with Crippen LogP contribution in [0.3, 0.4) is 0 Å². The normalized spacial score (nSPS) is 16.3. The van der Waals surface area contributed by atoms with Gasteiger partial charge in [0.15, 0.2) is 0 Å². The van der Waals surface area contributed by atoms with E-state index in [0.717, 1.165) is 18.4 Å². The van der Waals surface area contributed by atoms with Gasteiger partial charge in [0.2, 0.25) is 5.91 Å². The zero-order valence-electron chi connectivity index (χ0n) is 12.0. The summed E-state index contributed by atoms with van der Waals surface area (Å²) in [7, 11) is 0. The fourth-order valence-electron chi connectivity index (χ4n) is 2.56. The first kappa shape index (κ1) is 14.6. The number of carbonyl (C=O) groups is 2. The SMILES string of the molecule is CC(NC(=O)Cc1ccc2c(c1)CCC2)C(C)C(=O)O. The van der Waals surface area contributed by atoms with E-state index in [1.165, 1.54) is 17.5 Å². The summed E-state index contributed by atoms with van der Waals surface area (Å²) in [6, 6.07) is 5.84. The van der Waals surface area contributed by atoms with Crippen molar-refractivity contribution >= 4 is 11.9 Å². The molecule has 1 aromatic rings. The minimum atomic E-state index is -0.893. The van der Waals surface area contributed by atoms with Gasteiger partial charge in [-0.05, 0) is 49.8 Å². The zero-order valence-corrected chi connectivity index (χ0v) is 12.0. The average Bonchev–Trinajstić information content (AvgIpc) is 2.84. The third kappa shape index (κ3) is 3.38. The first-order valence-corrected chi connectivity index (χ1v) is 7.10. The predicted molar refractivity (Wildman–Crippen MR) is 76.6 cm³/mol. The van der Waals surface area contributed by atoms with Gasteiger partial charge in [0.05, 0.1) is 12.3 Å². The second-order valence-corrected chi connectivity index (χ2v) is 5.62. The van der Waals surface area contributed by atoms with Crippen LogP contribution in [0.4, 0.5) is 0 Å². The Kier molecular flexibility index (Phi) is 4.42. The Morgan fingerprint density at radius 1 is 1.25 bits per heavy atom. The maximum Gasteiger partial charge on any atom is 0.308 e. The number of carboxylic acid groups (broad SMARTS) is 1. The number of carboxylic acids is 1. The van der Waals surface area contributed by atoms with E-state index in [9.17, 15) is 9.59 Å². The topological polar surface area (TPSA) is 66.4 Å². The second kappa shape index (κ2) is 6.07. The lowest BCUT2D eigenvalue weighted by atomic mass is 10.0. The summed E-state index contributed by atoms with van der Waals surface area (Å²) in [6.45, 7) is 3.32. The number of hydrogen-bond acceptors (Lipinski definition) is 2. The Bertz CT molecular complexity index is 524. The lowest BCUT2D eigenvalue weighted by molar-refractivity contribution is -0.142. The quantitative estimate of drug-likeness (QED) is 0.863. The number of aliphatic carboxylic acids is 1. The minimum Gasteiger partial charge on any atom is -0.481 e. The Labute approximate surface area is 119 Å². The lowest BCUT2D eigenvalue weighted by Gasteiger charge is -2.17. The molecule has 4 nitrogen and oxygen atoms in total. The molecule has 0 heterocycles. The highest BCUT2D eigenvalue weighted by Gasteiger charge is 2.21. The van der Waals surface area contributed by atoms with Gasteiger partial charge < -0.3 is 10.4 Å². The Balaban J connectivity index is 1.93. The van der Waals surface area contributed by atoms with E-state index < -0.39 is 11.9 Å². The maximum atomic E-state index is 11.9. The van der Waals surface area contributed by atoms with Crippen LogP contribution in [0.2, 0.25) is 0 Å². The van der Waals surface area contributed by atoms with Crippen LogP contribution in [-0.2, 0) is 28.9 Å². The van der Waals surface area contributed by atoms with Gasteiger partial charge in [0.25, 0.3) is 0 Å². The second-order valence-electron chi connectivity index (χ2n) is 5.62. The number of carbonyl (C=O) groups excluding carboxylic acids is 1. The Hall–Kier alpha value is -1.84. The number of amides is 1. The van der Waals surface area contributed by atoms with Gasteiger partial charge in [-0.2, -0.15) is 0 Å². The van der Waals surface area contributed by atoms with Gasteiger partial charge in [-0.15, -0.1) is 0 Å². The van der Waals surface area contributed by atoms with Crippen molar-refractivity contribution in [2.45, 2.75) is 45.6 Å². The molecule has 0 spiro atoms. The molecule has 2 atom stereocenters. The van der Waals surface area contributed by atoms with Gasteiger partial charge in [-0.3, -0.25) is 9.59 Å². The van der Waals surface area contributed by atoms with Gasteiger partial charge >= 0.3 is 5.97 Å². The summed E-state index contributed by atoms with van der Waals surface area (Å²) in [5.41, 5.74) is 3.74. The highest BCUT2D eigenvalue weighted by Crippen LogP contribution is 2.23. The monoisotopic (exact) mass is 275 g/mol. The van der Waals surface area contributed by atoms with Crippen molar-refractivity contribution in [3.63, 3.8) is 0 Å². The molecule has 1 aliphatic carbocycles. The molecule has 1 aromatic carbocycles. The van der Waals surface area contributed by atoms with E-state index in [-0.39, 0.29) is 11.9 Å². The first-order chi connectivity index (χ1) is 9.47. The smallest absolute Gasteiger partial charge is 0.308 e. The number of fused-ring (bicyclic) bond motifs is 1. The van der Waals surface area contributed by atoms with Crippen molar-refractivity contribution in [2.75, 3.05) is 0 Å². The van der Waals surface area contributed by atoms with Gasteiger partial charge in [0.1, 0.15) is 0 Å². The minimum absolute atomic E-state index is 0.122. The molecule has 0 saturated carbocycles. The van der Waals surface area contributed by atoms with Gasteiger partial charge in [0, 0.05) is 6.04 Å². The van der Waals surface area contributed by atoms with Crippen LogP contribution < -0.4 is 5.32 Å². The molecule has 2 unspecified atom stereocenters. The third-order valence-corrected chi connectivity index (χ3v) is 4.06. The van der Waals surface area contributed by atoms with Gasteiger partial charge in [-0.1, -0.05) is 18.2 Å². The molecule has 0 fully saturated rings. The van der Waals surface area contributed by atoms with Crippen molar-refractivity contribution in [1.82, 2.24) is 5.32 Å². The molecule has 0 aromatic heterocycles. The molecule has 20 heavy (non-hydrogen) atoms. The van der Waals surface area contributed by atoms with E-state index in [1.807, 2.05) is 6.07 Å².